The van der Waals surface area contributed by atoms with E-state index in [0.29, 0.717) is 12.2 Å². The first-order valence-electron chi connectivity index (χ1n) is 8.21. The minimum atomic E-state index is -3.89. The van der Waals surface area contributed by atoms with Gasteiger partial charge in [-0.25, -0.2) is 8.42 Å². The second-order valence-electron chi connectivity index (χ2n) is 6.48. The Kier molecular flexibility index (Phi) is 8.04. The molecular formula is C17H27N3O5S. The van der Waals surface area contributed by atoms with Crippen LogP contribution in [-0.4, -0.2) is 58.9 Å². The summed E-state index contributed by atoms with van der Waals surface area (Å²) >= 11 is 0. The van der Waals surface area contributed by atoms with Gasteiger partial charge in [0.2, 0.25) is 21.8 Å². The molecule has 1 aromatic carbocycles. The third kappa shape index (κ3) is 6.64. The number of carbonyl (C=O) groups is 2. The van der Waals surface area contributed by atoms with Crippen molar-refractivity contribution in [3.63, 3.8) is 0 Å². The third-order valence-electron chi connectivity index (χ3n) is 3.60. The number of ether oxygens (including phenoxy) is 1. The molecule has 0 aromatic heterocycles. The van der Waals surface area contributed by atoms with Crippen molar-refractivity contribution in [3.05, 3.63) is 24.3 Å². The van der Waals surface area contributed by atoms with Crippen LogP contribution in [0.3, 0.4) is 0 Å². The van der Waals surface area contributed by atoms with E-state index < -0.39 is 22.0 Å². The van der Waals surface area contributed by atoms with Crippen LogP contribution in [0.4, 0.5) is 0 Å². The van der Waals surface area contributed by atoms with Gasteiger partial charge in [0.1, 0.15) is 11.8 Å². The summed E-state index contributed by atoms with van der Waals surface area (Å²) in [6.07, 6.45) is 0.303. The maximum Gasteiger partial charge on any atom is 0.241 e. The Morgan fingerprint density at radius 2 is 1.73 bits per heavy atom. The van der Waals surface area contributed by atoms with E-state index in [1.54, 1.807) is 14.1 Å². The van der Waals surface area contributed by atoms with Crippen LogP contribution in [0.2, 0.25) is 0 Å². The van der Waals surface area contributed by atoms with E-state index in [0.717, 1.165) is 0 Å². The highest BCUT2D eigenvalue weighted by Gasteiger charge is 2.27. The normalized spacial score (nSPS) is 12.5. The van der Waals surface area contributed by atoms with E-state index >= 15 is 0 Å². The van der Waals surface area contributed by atoms with Crippen LogP contribution in [0.5, 0.6) is 5.75 Å². The molecule has 1 aromatic rings. The highest BCUT2D eigenvalue weighted by molar-refractivity contribution is 7.89. The van der Waals surface area contributed by atoms with Gasteiger partial charge in [-0.15, -0.1) is 0 Å². The molecule has 0 fully saturated rings. The number of likely N-dealkylation sites (N-methyl/N-ethyl adjacent to an activating group) is 1. The zero-order chi connectivity index (χ0) is 19.9. The number of benzene rings is 1. The van der Waals surface area contributed by atoms with E-state index in [9.17, 15) is 18.0 Å². The highest BCUT2D eigenvalue weighted by Crippen LogP contribution is 2.16. The molecule has 8 nitrogen and oxygen atoms in total. The summed E-state index contributed by atoms with van der Waals surface area (Å²) in [6.45, 7) is 3.57. The lowest BCUT2D eigenvalue weighted by molar-refractivity contribution is -0.131. The van der Waals surface area contributed by atoms with Gasteiger partial charge in [0.25, 0.3) is 0 Å². The Labute approximate surface area is 155 Å². The fourth-order valence-corrected chi connectivity index (χ4v) is 3.34. The lowest BCUT2D eigenvalue weighted by atomic mass is 10.0. The van der Waals surface area contributed by atoms with Crippen molar-refractivity contribution < 1.29 is 22.7 Å². The smallest absolute Gasteiger partial charge is 0.241 e. The predicted octanol–water partition coefficient (Wildman–Crippen LogP) is 0.593. The summed E-state index contributed by atoms with van der Waals surface area (Å²) in [7, 11) is 0.746. The summed E-state index contributed by atoms with van der Waals surface area (Å²) < 4.78 is 32.6. The number of nitrogens with one attached hydrogen (secondary N) is 2. The van der Waals surface area contributed by atoms with Crippen molar-refractivity contribution >= 4 is 21.8 Å². The Morgan fingerprint density at radius 3 is 2.19 bits per heavy atom. The first-order chi connectivity index (χ1) is 12.1. The average Bonchev–Trinajstić information content (AvgIpc) is 2.58. The quantitative estimate of drug-likeness (QED) is 0.647. The maximum atomic E-state index is 12.6. The molecule has 0 bridgehead atoms. The van der Waals surface area contributed by atoms with Gasteiger partial charge in [-0.1, -0.05) is 13.8 Å². The number of hydrogen-bond acceptors (Lipinski definition) is 5. The van der Waals surface area contributed by atoms with E-state index in [1.807, 2.05) is 13.8 Å². The monoisotopic (exact) mass is 385 g/mol. The summed E-state index contributed by atoms with van der Waals surface area (Å²) in [4.78, 5) is 25.4. The van der Waals surface area contributed by atoms with Crippen LogP contribution >= 0.6 is 0 Å². The first kappa shape index (κ1) is 21.9. The standard InChI is InChI=1S/C17H27N3O5S/c1-12(2)10-15(17(22)18-11-16(21)20(3)4)19-26(23,24)14-8-6-13(25-5)7-9-14/h6-9,12,15,19H,10-11H2,1-5H3,(H,18,22)/t15-/m0/s1. The minimum Gasteiger partial charge on any atom is -0.497 e. The molecule has 26 heavy (non-hydrogen) atoms. The van der Waals surface area contributed by atoms with Crippen molar-refractivity contribution in [2.75, 3.05) is 27.7 Å². The zero-order valence-corrected chi connectivity index (χ0v) is 16.6. The van der Waals surface area contributed by atoms with Crippen LogP contribution in [0, 0.1) is 5.92 Å². The fraction of sp³-hybridized carbons (Fsp3) is 0.529. The van der Waals surface area contributed by atoms with Crippen molar-refractivity contribution in [2.24, 2.45) is 5.92 Å². The van der Waals surface area contributed by atoms with Gasteiger partial charge in [0.05, 0.1) is 18.6 Å². The molecule has 0 radical (unpaired) electrons. The van der Waals surface area contributed by atoms with Crippen LogP contribution in [-0.2, 0) is 19.6 Å². The van der Waals surface area contributed by atoms with Gasteiger partial charge in [0, 0.05) is 14.1 Å². The topological polar surface area (TPSA) is 105 Å². The van der Waals surface area contributed by atoms with Crippen LogP contribution < -0.4 is 14.8 Å². The van der Waals surface area contributed by atoms with Crippen molar-refractivity contribution in [1.82, 2.24) is 14.9 Å². The van der Waals surface area contributed by atoms with Gasteiger partial charge < -0.3 is 15.0 Å². The van der Waals surface area contributed by atoms with E-state index in [1.165, 1.54) is 36.3 Å². The summed E-state index contributed by atoms with van der Waals surface area (Å²) in [5.74, 6) is -0.206. The number of amides is 2. The Hall–Kier alpha value is -2.13. The molecule has 0 spiro atoms. The highest BCUT2D eigenvalue weighted by atomic mass is 32.2. The Morgan fingerprint density at radius 1 is 1.15 bits per heavy atom. The fourth-order valence-electron chi connectivity index (χ4n) is 2.13. The molecule has 0 heterocycles. The molecule has 0 unspecified atom stereocenters. The van der Waals surface area contributed by atoms with E-state index in [4.69, 9.17) is 4.74 Å². The van der Waals surface area contributed by atoms with E-state index in [-0.39, 0.29) is 23.3 Å². The average molecular weight is 385 g/mol. The zero-order valence-electron chi connectivity index (χ0n) is 15.8. The molecule has 0 aliphatic rings. The number of rotatable bonds is 9. The molecule has 146 valence electrons. The summed E-state index contributed by atoms with van der Waals surface area (Å²) in [6, 6.07) is 4.89. The van der Waals surface area contributed by atoms with Crippen LogP contribution in [0.25, 0.3) is 0 Å². The third-order valence-corrected chi connectivity index (χ3v) is 5.09. The van der Waals surface area contributed by atoms with Crippen LogP contribution in [0.15, 0.2) is 29.2 Å². The largest absolute Gasteiger partial charge is 0.497 e. The van der Waals surface area contributed by atoms with Crippen molar-refractivity contribution in [2.45, 2.75) is 31.2 Å². The van der Waals surface area contributed by atoms with Crippen LogP contribution in [0.1, 0.15) is 20.3 Å². The summed E-state index contributed by atoms with van der Waals surface area (Å²) in [5.41, 5.74) is 0. The van der Waals surface area contributed by atoms with Crippen molar-refractivity contribution in [3.8, 4) is 5.75 Å². The molecule has 2 N–H and O–H groups in total. The van der Waals surface area contributed by atoms with Gasteiger partial charge in [0.15, 0.2) is 0 Å². The number of carbonyl (C=O) groups excluding carboxylic acids is 2. The first-order valence-corrected chi connectivity index (χ1v) is 9.69. The Balaban J connectivity index is 2.90. The van der Waals surface area contributed by atoms with Gasteiger partial charge in [-0.2, -0.15) is 4.72 Å². The van der Waals surface area contributed by atoms with E-state index in [2.05, 4.69) is 10.0 Å². The minimum absolute atomic E-state index is 0.0317. The molecule has 0 saturated carbocycles. The summed E-state index contributed by atoms with van der Waals surface area (Å²) in [5, 5.41) is 2.48. The molecule has 2 amide bonds. The predicted molar refractivity (Wildman–Crippen MR) is 98.3 cm³/mol. The maximum absolute atomic E-state index is 12.6. The number of methoxy groups -OCH3 is 1. The number of hydrogen-bond donors (Lipinski definition) is 2. The van der Waals surface area contributed by atoms with Gasteiger partial charge >= 0.3 is 0 Å². The molecule has 0 aliphatic carbocycles. The molecule has 0 saturated heterocycles. The molecule has 0 aliphatic heterocycles. The molecule has 1 rings (SSSR count). The van der Waals surface area contributed by atoms with Crippen molar-refractivity contribution in [1.29, 1.82) is 0 Å². The molecular weight excluding hydrogens is 358 g/mol. The second-order valence-corrected chi connectivity index (χ2v) is 8.20. The number of nitrogens with zero attached hydrogens (tertiary/aromatic N) is 1. The molecule has 1 atom stereocenters. The van der Waals surface area contributed by atoms with Gasteiger partial charge in [-0.05, 0) is 36.6 Å². The lowest BCUT2D eigenvalue weighted by Gasteiger charge is -2.20. The molecule has 9 heteroatoms. The SMILES string of the molecule is COc1ccc(S(=O)(=O)N[C@@H](CC(C)C)C(=O)NCC(=O)N(C)C)cc1. The number of sulfonamides is 1. The lowest BCUT2D eigenvalue weighted by Crippen LogP contribution is -2.49. The second kappa shape index (κ2) is 9.54. The van der Waals surface area contributed by atoms with Gasteiger partial charge in [-0.3, -0.25) is 9.59 Å². The Bertz CT molecular complexity index is 714.